The first kappa shape index (κ1) is 14.8. The monoisotopic (exact) mass is 318 g/mol. The third kappa shape index (κ3) is 3.14. The van der Waals surface area contributed by atoms with Crippen molar-refractivity contribution in [3.8, 4) is 11.5 Å². The topological polar surface area (TPSA) is 51.2 Å². The van der Waals surface area contributed by atoms with E-state index in [2.05, 4.69) is 17.0 Å². The van der Waals surface area contributed by atoms with Crippen molar-refractivity contribution in [3.05, 3.63) is 23.8 Å². The molecule has 6 heteroatoms. The molecule has 3 aliphatic heterocycles. The Bertz CT molecular complexity index is 578. The Morgan fingerprint density at radius 3 is 2.74 bits per heavy atom. The zero-order valence-electron chi connectivity index (χ0n) is 13.2. The molecule has 1 atom stereocenters. The summed E-state index contributed by atoms with van der Waals surface area (Å²) in [6.45, 7) is 5.94. The number of ether oxygens (including phenoxy) is 3. The smallest absolute Gasteiger partial charge is 0.231 e. The highest BCUT2D eigenvalue weighted by molar-refractivity contribution is 5.79. The van der Waals surface area contributed by atoms with E-state index in [1.165, 1.54) is 5.56 Å². The van der Waals surface area contributed by atoms with E-state index in [0.29, 0.717) is 13.4 Å². The van der Waals surface area contributed by atoms with Gasteiger partial charge in [-0.1, -0.05) is 6.07 Å². The number of hydrogen-bond donors (Lipinski definition) is 0. The maximum atomic E-state index is 12.4. The first-order chi connectivity index (χ1) is 11.3. The minimum atomic E-state index is 0.0791. The third-order valence-corrected chi connectivity index (χ3v) is 4.81. The molecule has 1 amide bonds. The van der Waals surface area contributed by atoms with Crippen LogP contribution >= 0.6 is 0 Å². The van der Waals surface area contributed by atoms with Gasteiger partial charge in [0.25, 0.3) is 0 Å². The summed E-state index contributed by atoms with van der Waals surface area (Å²) in [6.07, 6.45) is 0.871. The van der Waals surface area contributed by atoms with Gasteiger partial charge in [-0.25, -0.2) is 0 Å². The highest BCUT2D eigenvalue weighted by Gasteiger charge is 2.30. The molecule has 0 aromatic heterocycles. The second-order valence-corrected chi connectivity index (χ2v) is 6.35. The van der Waals surface area contributed by atoms with E-state index in [1.54, 1.807) is 0 Å². The molecule has 3 heterocycles. The molecule has 2 fully saturated rings. The number of fused-ring (bicyclic) bond motifs is 1. The number of benzene rings is 1. The summed E-state index contributed by atoms with van der Waals surface area (Å²) in [5.74, 6) is 2.00. The molecule has 0 bridgehead atoms. The van der Waals surface area contributed by atoms with Crippen LogP contribution in [0.4, 0.5) is 0 Å². The Kier molecular flexibility index (Phi) is 4.10. The van der Waals surface area contributed by atoms with Crippen molar-refractivity contribution in [2.24, 2.45) is 5.92 Å². The fourth-order valence-electron chi connectivity index (χ4n) is 3.41. The second-order valence-electron chi connectivity index (χ2n) is 6.35. The molecule has 3 aliphatic rings. The van der Waals surface area contributed by atoms with Crippen molar-refractivity contribution in [1.82, 2.24) is 9.80 Å². The van der Waals surface area contributed by atoms with E-state index < -0.39 is 0 Å². The molecule has 0 aliphatic carbocycles. The number of hydrogen-bond acceptors (Lipinski definition) is 5. The van der Waals surface area contributed by atoms with Gasteiger partial charge in [0.1, 0.15) is 0 Å². The lowest BCUT2D eigenvalue weighted by Crippen LogP contribution is -2.50. The number of piperazine rings is 1. The van der Waals surface area contributed by atoms with Crippen LogP contribution in [0.1, 0.15) is 12.0 Å². The van der Waals surface area contributed by atoms with Crippen molar-refractivity contribution >= 4 is 5.91 Å². The van der Waals surface area contributed by atoms with E-state index in [1.807, 2.05) is 11.0 Å². The molecule has 4 rings (SSSR count). The third-order valence-electron chi connectivity index (χ3n) is 4.81. The van der Waals surface area contributed by atoms with E-state index in [4.69, 9.17) is 14.2 Å². The van der Waals surface area contributed by atoms with Crippen molar-refractivity contribution in [2.75, 3.05) is 46.2 Å². The lowest BCUT2D eigenvalue weighted by Gasteiger charge is -2.35. The molecule has 2 saturated heterocycles. The Hall–Kier alpha value is -1.79. The fourth-order valence-corrected chi connectivity index (χ4v) is 3.41. The van der Waals surface area contributed by atoms with E-state index in [9.17, 15) is 4.79 Å². The first-order valence-electron chi connectivity index (χ1n) is 8.27. The van der Waals surface area contributed by atoms with Crippen molar-refractivity contribution < 1.29 is 19.0 Å². The maximum absolute atomic E-state index is 12.4. The Balaban J connectivity index is 1.30. The minimum Gasteiger partial charge on any atom is -0.454 e. The molecular formula is C17H22N2O4. The number of carbonyl (C=O) groups excluding carboxylic acids is 1. The molecule has 6 nitrogen and oxygen atoms in total. The summed E-state index contributed by atoms with van der Waals surface area (Å²) in [6, 6.07) is 6.11. The maximum Gasteiger partial charge on any atom is 0.231 e. The summed E-state index contributed by atoms with van der Waals surface area (Å²) in [7, 11) is 0. The number of carbonyl (C=O) groups is 1. The van der Waals surface area contributed by atoms with Gasteiger partial charge in [0.2, 0.25) is 12.7 Å². The van der Waals surface area contributed by atoms with Crippen LogP contribution in [0.25, 0.3) is 0 Å². The van der Waals surface area contributed by atoms with Crippen molar-refractivity contribution in [1.29, 1.82) is 0 Å². The summed E-state index contributed by atoms with van der Waals surface area (Å²) in [5, 5.41) is 0. The van der Waals surface area contributed by atoms with Gasteiger partial charge in [0.05, 0.1) is 12.5 Å². The quantitative estimate of drug-likeness (QED) is 0.835. The standard InChI is InChI=1S/C17H22N2O4/c20-17(14-3-8-21-11-14)19-6-4-18(5-7-19)10-13-1-2-15-16(9-13)23-12-22-15/h1-2,9,14H,3-8,10-12H2. The molecular weight excluding hydrogens is 296 g/mol. The summed E-state index contributed by atoms with van der Waals surface area (Å²) in [5.41, 5.74) is 1.22. The van der Waals surface area contributed by atoms with Gasteiger partial charge in [0, 0.05) is 39.3 Å². The van der Waals surface area contributed by atoms with Crippen LogP contribution in [0.2, 0.25) is 0 Å². The van der Waals surface area contributed by atoms with Crippen LogP contribution in [0.15, 0.2) is 18.2 Å². The van der Waals surface area contributed by atoms with Crippen molar-refractivity contribution in [3.63, 3.8) is 0 Å². The Morgan fingerprint density at radius 1 is 1.13 bits per heavy atom. The normalized spacial score (nSPS) is 24.2. The van der Waals surface area contributed by atoms with Gasteiger partial charge in [-0.05, 0) is 24.1 Å². The fraction of sp³-hybridized carbons (Fsp3) is 0.588. The van der Waals surface area contributed by atoms with Crippen LogP contribution < -0.4 is 9.47 Å². The van der Waals surface area contributed by atoms with Gasteiger partial charge in [0.15, 0.2) is 11.5 Å². The van der Waals surface area contributed by atoms with Gasteiger partial charge in [-0.15, -0.1) is 0 Å². The van der Waals surface area contributed by atoms with Gasteiger partial charge in [-0.2, -0.15) is 0 Å². The Morgan fingerprint density at radius 2 is 1.96 bits per heavy atom. The molecule has 23 heavy (non-hydrogen) atoms. The minimum absolute atomic E-state index is 0.0791. The zero-order valence-corrected chi connectivity index (χ0v) is 13.2. The predicted octanol–water partition coefficient (Wildman–Crippen LogP) is 1.10. The highest BCUT2D eigenvalue weighted by atomic mass is 16.7. The molecule has 0 N–H and O–H groups in total. The number of amides is 1. The average Bonchev–Trinajstić information content (AvgIpc) is 3.26. The average molecular weight is 318 g/mol. The molecule has 1 aromatic carbocycles. The first-order valence-corrected chi connectivity index (χ1v) is 8.27. The van der Waals surface area contributed by atoms with Crippen LogP contribution in [0, 0.1) is 5.92 Å². The molecule has 0 radical (unpaired) electrons. The van der Waals surface area contributed by atoms with Crippen LogP contribution in [-0.2, 0) is 16.1 Å². The van der Waals surface area contributed by atoms with Gasteiger partial charge in [-0.3, -0.25) is 9.69 Å². The molecule has 0 spiro atoms. The van der Waals surface area contributed by atoms with Gasteiger partial charge >= 0.3 is 0 Å². The van der Waals surface area contributed by atoms with Crippen LogP contribution in [0.3, 0.4) is 0 Å². The number of rotatable bonds is 3. The summed E-state index contributed by atoms with van der Waals surface area (Å²) >= 11 is 0. The van der Waals surface area contributed by atoms with E-state index >= 15 is 0 Å². The summed E-state index contributed by atoms with van der Waals surface area (Å²) < 4.78 is 16.1. The van der Waals surface area contributed by atoms with E-state index in [-0.39, 0.29) is 11.8 Å². The van der Waals surface area contributed by atoms with E-state index in [0.717, 1.165) is 57.3 Å². The highest BCUT2D eigenvalue weighted by Crippen LogP contribution is 2.32. The second kappa shape index (κ2) is 6.37. The van der Waals surface area contributed by atoms with Crippen LogP contribution in [-0.4, -0.2) is 61.9 Å². The van der Waals surface area contributed by atoms with Crippen molar-refractivity contribution in [2.45, 2.75) is 13.0 Å². The SMILES string of the molecule is O=C(C1CCOC1)N1CCN(Cc2ccc3c(c2)OCO3)CC1. The molecule has 1 aromatic rings. The predicted molar refractivity (Wildman–Crippen MR) is 83.3 cm³/mol. The lowest BCUT2D eigenvalue weighted by atomic mass is 10.1. The zero-order chi connectivity index (χ0) is 15.6. The molecule has 1 unspecified atom stereocenters. The Labute approximate surface area is 135 Å². The lowest BCUT2D eigenvalue weighted by molar-refractivity contribution is -0.137. The molecule has 0 saturated carbocycles. The molecule has 124 valence electrons. The van der Waals surface area contributed by atoms with Crippen LogP contribution in [0.5, 0.6) is 11.5 Å². The van der Waals surface area contributed by atoms with Gasteiger partial charge < -0.3 is 19.1 Å². The number of nitrogens with zero attached hydrogens (tertiary/aromatic N) is 2. The largest absolute Gasteiger partial charge is 0.454 e. The summed E-state index contributed by atoms with van der Waals surface area (Å²) in [4.78, 5) is 16.8.